The molecule has 0 aliphatic heterocycles. The van der Waals surface area contributed by atoms with Crippen molar-refractivity contribution in [1.82, 2.24) is 5.43 Å². The van der Waals surface area contributed by atoms with Crippen LogP contribution in [0.1, 0.15) is 15.9 Å². The molecule has 0 saturated heterocycles. The number of fused-ring (bicyclic) bond motifs is 1. The molecule has 0 fully saturated rings. The van der Waals surface area contributed by atoms with Crippen LogP contribution < -0.4 is 24.4 Å². The van der Waals surface area contributed by atoms with E-state index in [1.165, 1.54) is 50.8 Å². The zero-order valence-corrected chi connectivity index (χ0v) is 21.0. The summed E-state index contributed by atoms with van der Waals surface area (Å²) < 4.78 is 21.5. The summed E-state index contributed by atoms with van der Waals surface area (Å²) in [7, 11) is 2.97. The number of benzene rings is 4. The first-order chi connectivity index (χ1) is 18.9. The zero-order valence-electron chi connectivity index (χ0n) is 21.0. The van der Waals surface area contributed by atoms with E-state index < -0.39 is 16.8 Å². The largest absolute Gasteiger partial charge is 0.493 e. The Labute approximate surface area is 222 Å². The summed E-state index contributed by atoms with van der Waals surface area (Å²) in [4.78, 5) is 35.4. The molecule has 0 atom stereocenters. The average Bonchev–Trinajstić information content (AvgIpc) is 2.96. The molecule has 1 amide bonds. The maximum Gasteiger partial charge on any atom is 0.343 e. The van der Waals surface area contributed by atoms with Crippen LogP contribution in [0.4, 0.5) is 5.69 Å². The molecule has 4 aromatic carbocycles. The highest BCUT2D eigenvalue weighted by Gasteiger charge is 2.16. The van der Waals surface area contributed by atoms with E-state index in [0.29, 0.717) is 17.1 Å². The highest BCUT2D eigenvalue weighted by atomic mass is 16.6. The van der Waals surface area contributed by atoms with Crippen LogP contribution >= 0.6 is 0 Å². The van der Waals surface area contributed by atoms with Crippen LogP contribution in [0, 0.1) is 10.1 Å². The number of hydrogen-bond donors (Lipinski definition) is 1. The maximum absolute atomic E-state index is 12.9. The highest BCUT2D eigenvalue weighted by Crippen LogP contribution is 2.30. The summed E-state index contributed by atoms with van der Waals surface area (Å²) in [5, 5.41) is 16.4. The van der Waals surface area contributed by atoms with Gasteiger partial charge in [0.25, 0.3) is 11.6 Å². The van der Waals surface area contributed by atoms with Crippen molar-refractivity contribution in [2.75, 3.05) is 20.8 Å². The number of hydrogen-bond acceptors (Lipinski definition) is 9. The number of nitro benzene ring substituents is 1. The van der Waals surface area contributed by atoms with Gasteiger partial charge in [-0.1, -0.05) is 30.3 Å². The Hall–Kier alpha value is -5.45. The molecule has 1 N–H and O–H groups in total. The van der Waals surface area contributed by atoms with Gasteiger partial charge in [-0.05, 0) is 47.2 Å². The van der Waals surface area contributed by atoms with E-state index in [2.05, 4.69) is 10.5 Å². The Morgan fingerprint density at radius 2 is 1.64 bits per heavy atom. The van der Waals surface area contributed by atoms with E-state index in [9.17, 15) is 19.7 Å². The van der Waals surface area contributed by atoms with Gasteiger partial charge in [-0.15, -0.1) is 0 Å². The first-order valence-electron chi connectivity index (χ1n) is 11.5. The monoisotopic (exact) mass is 529 g/mol. The minimum Gasteiger partial charge on any atom is -0.493 e. The third kappa shape index (κ3) is 6.46. The van der Waals surface area contributed by atoms with E-state index in [-0.39, 0.29) is 29.4 Å². The van der Waals surface area contributed by atoms with Gasteiger partial charge in [-0.25, -0.2) is 10.2 Å². The van der Waals surface area contributed by atoms with Gasteiger partial charge < -0.3 is 18.9 Å². The van der Waals surface area contributed by atoms with E-state index in [0.717, 1.165) is 10.8 Å². The fourth-order valence-corrected chi connectivity index (χ4v) is 3.63. The fourth-order valence-electron chi connectivity index (χ4n) is 3.63. The summed E-state index contributed by atoms with van der Waals surface area (Å²) in [6.07, 6.45) is 1.38. The summed E-state index contributed by atoms with van der Waals surface area (Å²) in [5.41, 5.74) is 2.99. The predicted molar refractivity (Wildman–Crippen MR) is 143 cm³/mol. The Morgan fingerprint density at radius 1 is 0.923 bits per heavy atom. The molecule has 0 saturated carbocycles. The average molecular weight is 530 g/mol. The Balaban J connectivity index is 1.49. The van der Waals surface area contributed by atoms with Crippen LogP contribution in [0.15, 0.2) is 84.0 Å². The van der Waals surface area contributed by atoms with Crippen molar-refractivity contribution in [3.8, 4) is 23.0 Å². The van der Waals surface area contributed by atoms with Crippen LogP contribution in [-0.4, -0.2) is 43.8 Å². The van der Waals surface area contributed by atoms with Crippen molar-refractivity contribution in [3.63, 3.8) is 0 Å². The number of nitrogens with one attached hydrogen (secondary N) is 1. The van der Waals surface area contributed by atoms with E-state index in [1.54, 1.807) is 24.3 Å². The van der Waals surface area contributed by atoms with Crippen molar-refractivity contribution >= 4 is 34.6 Å². The normalized spacial score (nSPS) is 10.7. The Morgan fingerprint density at radius 3 is 2.36 bits per heavy atom. The number of hydrazone groups is 1. The molecule has 0 aliphatic rings. The summed E-state index contributed by atoms with van der Waals surface area (Å²) >= 11 is 0. The molecule has 0 aromatic heterocycles. The van der Waals surface area contributed by atoms with Gasteiger partial charge in [0.05, 0.1) is 30.9 Å². The molecule has 39 heavy (non-hydrogen) atoms. The number of amides is 1. The first-order valence-corrected chi connectivity index (χ1v) is 11.5. The topological polar surface area (TPSA) is 139 Å². The minimum absolute atomic E-state index is 0.0888. The molecule has 0 spiro atoms. The molecular formula is C28H23N3O8. The van der Waals surface area contributed by atoms with Gasteiger partial charge in [0.2, 0.25) is 0 Å². The lowest BCUT2D eigenvalue weighted by molar-refractivity contribution is -0.384. The molecule has 198 valence electrons. The predicted octanol–water partition coefficient (Wildman–Crippen LogP) is 4.51. The molecule has 0 bridgehead atoms. The molecule has 0 heterocycles. The van der Waals surface area contributed by atoms with Gasteiger partial charge in [0, 0.05) is 17.7 Å². The van der Waals surface area contributed by atoms with Gasteiger partial charge in [0.15, 0.2) is 18.1 Å². The van der Waals surface area contributed by atoms with Gasteiger partial charge in [-0.2, -0.15) is 5.10 Å². The molecule has 0 aliphatic carbocycles. The van der Waals surface area contributed by atoms with E-state index >= 15 is 0 Å². The maximum atomic E-state index is 12.9. The number of carbonyl (C=O) groups excluding carboxylic acids is 2. The molecule has 11 nitrogen and oxygen atoms in total. The Bertz CT molecular complexity index is 1550. The number of esters is 1. The summed E-state index contributed by atoms with van der Waals surface area (Å²) in [5.74, 6) is 0.189. The molecule has 0 unspecified atom stereocenters. The van der Waals surface area contributed by atoms with Crippen LogP contribution in [-0.2, 0) is 4.79 Å². The molecule has 4 rings (SSSR count). The molecule has 0 radical (unpaired) electrons. The third-order valence-electron chi connectivity index (χ3n) is 5.55. The zero-order chi connectivity index (χ0) is 27.8. The third-order valence-corrected chi connectivity index (χ3v) is 5.55. The minimum atomic E-state index is -0.624. The number of non-ortho nitro benzene ring substituents is 1. The van der Waals surface area contributed by atoms with E-state index in [4.69, 9.17) is 18.9 Å². The fraction of sp³-hybridized carbons (Fsp3) is 0.107. The van der Waals surface area contributed by atoms with Crippen LogP contribution in [0.25, 0.3) is 10.8 Å². The number of methoxy groups -OCH3 is 2. The number of rotatable bonds is 10. The van der Waals surface area contributed by atoms with Gasteiger partial charge in [0.1, 0.15) is 11.5 Å². The lowest BCUT2D eigenvalue weighted by Crippen LogP contribution is -2.24. The van der Waals surface area contributed by atoms with Gasteiger partial charge in [-0.3, -0.25) is 14.9 Å². The number of carbonyl (C=O) groups is 2. The van der Waals surface area contributed by atoms with Crippen molar-refractivity contribution in [2.45, 2.75) is 0 Å². The smallest absolute Gasteiger partial charge is 0.343 e. The second kappa shape index (κ2) is 12.2. The van der Waals surface area contributed by atoms with Gasteiger partial charge >= 0.3 is 5.97 Å². The number of nitrogens with zero attached hydrogens (tertiary/aromatic N) is 2. The lowest BCUT2D eigenvalue weighted by atomic mass is 10.0. The molecule has 11 heteroatoms. The molecular weight excluding hydrogens is 506 g/mol. The van der Waals surface area contributed by atoms with Crippen LogP contribution in [0.2, 0.25) is 0 Å². The Kier molecular flexibility index (Phi) is 8.32. The van der Waals surface area contributed by atoms with E-state index in [1.807, 2.05) is 24.3 Å². The molecule has 4 aromatic rings. The number of ether oxygens (including phenoxy) is 4. The summed E-state index contributed by atoms with van der Waals surface area (Å²) in [6, 6.07) is 20.9. The SMILES string of the molecule is COc1ccc(C(=O)Oc2ccc3ccccc3c2/C=N/NC(=O)COc2ccc([N+](=O)[O-])cc2)cc1OC. The first kappa shape index (κ1) is 26.6. The lowest BCUT2D eigenvalue weighted by Gasteiger charge is -2.12. The second-order valence-electron chi connectivity index (χ2n) is 7.99. The second-order valence-corrected chi connectivity index (χ2v) is 7.99. The standard InChI is InChI=1S/C28H23N3O8/c1-36-25-14-8-19(15-26(25)37-2)28(33)39-24-13-7-18-5-3-4-6-22(18)23(24)16-29-30-27(32)17-38-21-11-9-20(10-12-21)31(34)35/h3-16H,17H2,1-2H3,(H,30,32)/b29-16+. The van der Waals surface area contributed by atoms with Crippen LogP contribution in [0.5, 0.6) is 23.0 Å². The number of nitro groups is 1. The van der Waals surface area contributed by atoms with Crippen LogP contribution in [0.3, 0.4) is 0 Å². The van der Waals surface area contributed by atoms with Crippen molar-refractivity contribution < 1.29 is 33.5 Å². The summed E-state index contributed by atoms with van der Waals surface area (Å²) in [6.45, 7) is -0.369. The highest BCUT2D eigenvalue weighted by molar-refractivity contribution is 6.04. The van der Waals surface area contributed by atoms with Crippen molar-refractivity contribution in [1.29, 1.82) is 0 Å². The van der Waals surface area contributed by atoms with Crippen molar-refractivity contribution in [2.24, 2.45) is 5.10 Å². The van der Waals surface area contributed by atoms with Crippen molar-refractivity contribution in [3.05, 3.63) is 100 Å². The quantitative estimate of drug-likeness (QED) is 0.104.